The van der Waals surface area contributed by atoms with Crippen molar-refractivity contribution in [2.45, 2.75) is 0 Å². The molecule has 0 aromatic rings. The molecule has 0 spiro atoms. The molecule has 0 aliphatic carbocycles. The van der Waals surface area contributed by atoms with E-state index in [-0.39, 0.29) is 224 Å². The van der Waals surface area contributed by atoms with E-state index in [1.54, 1.807) is 0 Å². The van der Waals surface area contributed by atoms with Crippen molar-refractivity contribution in [3.05, 3.63) is 0 Å². The normalized spacial score (nSPS) is 0. The predicted octanol–water partition coefficient (Wildman–Crippen LogP) is -1.36. The minimum atomic E-state index is 0. The van der Waals surface area contributed by atoms with Crippen molar-refractivity contribution < 1.29 is 126 Å². The van der Waals surface area contributed by atoms with Gasteiger partial charge in [-0.2, -0.15) is 0 Å². The third-order valence-electron chi connectivity index (χ3n) is 0. The van der Waals surface area contributed by atoms with Crippen LogP contribution in [-0.2, 0) is 27.4 Å². The Morgan fingerprint density at radius 2 is 0.333 bits per heavy atom. The van der Waals surface area contributed by atoms with Gasteiger partial charge in [0.2, 0.25) is 0 Å². The molecule has 0 unspecified atom stereocenters. The van der Waals surface area contributed by atoms with E-state index in [1.807, 2.05) is 0 Å². The van der Waals surface area contributed by atoms with Gasteiger partial charge in [0.05, 0.1) is 0 Å². The second-order valence-corrected chi connectivity index (χ2v) is 0. The molecule has 0 amide bonds. The van der Waals surface area contributed by atoms with Crippen molar-refractivity contribution in [3.8, 4) is 0 Å². The molecule has 0 aromatic heterocycles. The second-order valence-electron chi connectivity index (χ2n) is 0. The Balaban J connectivity index is 0. The third-order valence-corrected chi connectivity index (χ3v) is 0. The van der Waals surface area contributed by atoms with Gasteiger partial charge in [-0.05, 0) is 0 Å². The van der Waals surface area contributed by atoms with E-state index in [9.17, 15) is 0 Å². The maximum Gasteiger partial charge on any atom is 3.00 e. The van der Waals surface area contributed by atoms with E-state index in [0.29, 0.717) is 0 Å². The molecule has 0 radical (unpaired) electrons. The number of hydrogen-bond acceptors (Lipinski definition) is 0. The first-order valence-corrected chi connectivity index (χ1v) is 0. The van der Waals surface area contributed by atoms with Crippen LogP contribution in [0.3, 0.4) is 0 Å². The van der Waals surface area contributed by atoms with E-state index in [4.69, 9.17) is 0 Å². The van der Waals surface area contributed by atoms with Crippen LogP contribution in [0, 0.1) is 98.8 Å². The quantitative estimate of drug-likeness (QED) is 0.284. The van der Waals surface area contributed by atoms with Crippen LogP contribution in [0.1, 0.15) is 0 Å². The Morgan fingerprint density at radius 1 is 0.333 bits per heavy atom. The molecule has 0 aliphatic rings. The Labute approximate surface area is 216 Å². The van der Waals surface area contributed by atoms with Gasteiger partial charge in [-0.1, -0.05) is 0 Å². The summed E-state index contributed by atoms with van der Waals surface area (Å²) in [6.45, 7) is 0. The summed E-state index contributed by atoms with van der Waals surface area (Å²) in [5.74, 6) is 0. The molecule has 0 atom stereocenters. The van der Waals surface area contributed by atoms with E-state index >= 15 is 0 Å². The van der Waals surface area contributed by atoms with Gasteiger partial charge in [-0.15, -0.1) is 0 Å². The molecular weight excluding hydrogens is 659 g/mol. The zero-order valence-electron chi connectivity index (χ0n) is 4.21. The summed E-state index contributed by atoms with van der Waals surface area (Å²) < 4.78 is 0. The van der Waals surface area contributed by atoms with Crippen molar-refractivity contribution in [2.24, 2.45) is 0 Å². The van der Waals surface area contributed by atoms with Gasteiger partial charge >= 0.3 is 197 Å². The van der Waals surface area contributed by atoms with Crippen LogP contribution in [-0.4, -0.2) is 97.8 Å². The molecular formula is Ba2Eu2O5. The molecule has 0 aromatic carbocycles. The fourth-order valence-electron chi connectivity index (χ4n) is 0. The zero-order chi connectivity index (χ0) is 0. The molecule has 0 heterocycles. The third kappa shape index (κ3) is 55.4. The molecule has 9 heavy (non-hydrogen) atoms. The van der Waals surface area contributed by atoms with Crippen LogP contribution in [0.2, 0.25) is 0 Å². The molecule has 0 N–H and O–H groups in total. The standard InChI is InChI=1S/2Ba.2Eu.5O/q2*+2;2*+3;5*-2. The first-order chi connectivity index (χ1) is 0. The van der Waals surface area contributed by atoms with Crippen LogP contribution in [0.4, 0.5) is 0 Å². The minimum Gasteiger partial charge on any atom is -2.00 e. The van der Waals surface area contributed by atoms with Gasteiger partial charge in [-0.25, -0.2) is 0 Å². The van der Waals surface area contributed by atoms with Gasteiger partial charge < -0.3 is 27.4 Å². The average molecular weight is 659 g/mol. The zero-order valence-corrected chi connectivity index (χ0v) is 17.9. The van der Waals surface area contributed by atoms with Crippen LogP contribution in [0.5, 0.6) is 0 Å². The largest absolute Gasteiger partial charge is 3.00 e. The Morgan fingerprint density at radius 3 is 0.333 bits per heavy atom. The molecule has 0 fully saturated rings. The van der Waals surface area contributed by atoms with Crippen molar-refractivity contribution >= 4 is 97.8 Å². The molecule has 0 saturated carbocycles. The molecule has 0 bridgehead atoms. The van der Waals surface area contributed by atoms with E-state index < -0.39 is 0 Å². The SMILES string of the molecule is [Ba+2].[Ba+2].[Eu+3].[Eu+3].[O-2].[O-2].[O-2].[O-2].[O-2]. The molecule has 0 rings (SSSR count). The summed E-state index contributed by atoms with van der Waals surface area (Å²) in [6, 6.07) is 0. The molecule has 0 aliphatic heterocycles. The van der Waals surface area contributed by atoms with E-state index in [0.717, 1.165) is 0 Å². The van der Waals surface area contributed by atoms with Crippen LogP contribution < -0.4 is 0 Å². The maximum atomic E-state index is 0. The first-order valence-electron chi connectivity index (χ1n) is 0. The van der Waals surface area contributed by atoms with Gasteiger partial charge in [0, 0.05) is 0 Å². The van der Waals surface area contributed by atoms with Crippen molar-refractivity contribution in [3.63, 3.8) is 0 Å². The fraction of sp³-hybridized carbons (Fsp3) is 0. The topological polar surface area (TPSA) is 142 Å². The van der Waals surface area contributed by atoms with E-state index in [2.05, 4.69) is 0 Å². The number of rotatable bonds is 0. The van der Waals surface area contributed by atoms with Gasteiger partial charge in [0.15, 0.2) is 0 Å². The average Bonchev–Trinajstić information content (AvgIpc) is 0. The summed E-state index contributed by atoms with van der Waals surface area (Å²) in [5.41, 5.74) is 0. The van der Waals surface area contributed by atoms with Gasteiger partial charge in [0.1, 0.15) is 0 Å². The maximum absolute atomic E-state index is 0. The Hall–Kier alpha value is 6.11. The Kier molecular flexibility index (Phi) is 581. The summed E-state index contributed by atoms with van der Waals surface area (Å²) in [4.78, 5) is 0. The van der Waals surface area contributed by atoms with Gasteiger partial charge in [-0.3, -0.25) is 0 Å². The summed E-state index contributed by atoms with van der Waals surface area (Å²) in [7, 11) is 0. The molecule has 0 saturated heterocycles. The Bertz CT molecular complexity index is 12.9. The van der Waals surface area contributed by atoms with Crippen LogP contribution in [0.25, 0.3) is 0 Å². The second kappa shape index (κ2) is 64.9. The minimum absolute atomic E-state index is 0. The summed E-state index contributed by atoms with van der Waals surface area (Å²) in [6.07, 6.45) is 0. The summed E-state index contributed by atoms with van der Waals surface area (Å²) >= 11 is 0. The molecule has 9 heteroatoms. The first kappa shape index (κ1) is 80.6. The van der Waals surface area contributed by atoms with Crippen LogP contribution in [0.15, 0.2) is 0 Å². The van der Waals surface area contributed by atoms with Crippen LogP contribution >= 0.6 is 0 Å². The number of hydrogen-bond donors (Lipinski definition) is 0. The van der Waals surface area contributed by atoms with Crippen molar-refractivity contribution in [1.29, 1.82) is 0 Å². The molecule has 5 nitrogen and oxygen atoms in total. The fourth-order valence-corrected chi connectivity index (χ4v) is 0. The predicted molar refractivity (Wildman–Crippen MR) is 14.9 cm³/mol. The molecule has 48 valence electrons. The van der Waals surface area contributed by atoms with Crippen molar-refractivity contribution in [1.82, 2.24) is 0 Å². The smallest absolute Gasteiger partial charge is 2.00 e. The van der Waals surface area contributed by atoms with Gasteiger partial charge in [0.25, 0.3) is 0 Å². The summed E-state index contributed by atoms with van der Waals surface area (Å²) in [5, 5.41) is 0. The van der Waals surface area contributed by atoms with Crippen molar-refractivity contribution in [2.75, 3.05) is 0 Å². The van der Waals surface area contributed by atoms with E-state index in [1.165, 1.54) is 0 Å². The monoisotopic (exact) mass is 662 g/mol.